The number of oxazole rings is 1. The van der Waals surface area contributed by atoms with Crippen molar-refractivity contribution in [3.63, 3.8) is 0 Å². The van der Waals surface area contributed by atoms with Crippen molar-refractivity contribution in [2.24, 2.45) is 0 Å². The van der Waals surface area contributed by atoms with E-state index in [9.17, 15) is 9.59 Å². The van der Waals surface area contributed by atoms with Gasteiger partial charge in [-0.25, -0.2) is 14.8 Å². The van der Waals surface area contributed by atoms with E-state index in [-0.39, 0.29) is 18.4 Å². The number of nitrogens with zero attached hydrogens (tertiary/aromatic N) is 5. The number of carbonyl (C=O) groups is 1. The molecular weight excluding hydrogens is 408 g/mol. The number of nitrogens with one attached hydrogen (secondary N) is 1. The molecule has 32 heavy (non-hydrogen) atoms. The molecule has 1 aromatic carbocycles. The number of benzene rings is 1. The zero-order chi connectivity index (χ0) is 22.8. The molecule has 2 aromatic heterocycles. The molecule has 9 nitrogen and oxygen atoms in total. The number of piperidine rings is 1. The predicted molar refractivity (Wildman–Crippen MR) is 123 cm³/mol. The molecule has 3 heterocycles. The van der Waals surface area contributed by atoms with Crippen LogP contribution < -0.4 is 16.0 Å². The standard InChI is InChI=1S/C23H30N6O3/c1-15-7-8-19-18(10-15)29(23(31)32-19)14-21(30)28(4)13-17-11-20(27(2)3)26-22(25-17)16-6-5-9-24-12-16/h7-8,10-11,16,24H,5-6,9,12-14H2,1-4H3/t16-/m1/s1. The summed E-state index contributed by atoms with van der Waals surface area (Å²) in [5.41, 5.74) is 2.88. The lowest BCUT2D eigenvalue weighted by Gasteiger charge is -2.24. The van der Waals surface area contributed by atoms with Crippen LogP contribution in [0.5, 0.6) is 0 Å². The summed E-state index contributed by atoms with van der Waals surface area (Å²) in [6.45, 7) is 4.07. The molecule has 0 radical (unpaired) electrons. The topological polar surface area (TPSA) is 96.5 Å². The van der Waals surface area contributed by atoms with Crippen LogP contribution in [-0.4, -0.2) is 59.6 Å². The fourth-order valence-corrected chi connectivity index (χ4v) is 3.98. The highest BCUT2D eigenvalue weighted by atomic mass is 16.4. The molecule has 0 spiro atoms. The summed E-state index contributed by atoms with van der Waals surface area (Å²) in [4.78, 5) is 38.3. The maximum absolute atomic E-state index is 13.0. The van der Waals surface area contributed by atoms with Gasteiger partial charge < -0.3 is 19.5 Å². The van der Waals surface area contributed by atoms with Crippen molar-refractivity contribution in [3.05, 3.63) is 51.9 Å². The van der Waals surface area contributed by atoms with Crippen molar-refractivity contribution >= 4 is 22.8 Å². The zero-order valence-corrected chi connectivity index (χ0v) is 19.1. The average Bonchev–Trinajstić information content (AvgIpc) is 3.08. The van der Waals surface area contributed by atoms with E-state index in [0.717, 1.165) is 48.8 Å². The molecule has 1 fully saturated rings. The van der Waals surface area contributed by atoms with E-state index in [1.165, 1.54) is 4.57 Å². The molecule has 0 aliphatic carbocycles. The van der Waals surface area contributed by atoms with Crippen molar-refractivity contribution in [1.82, 2.24) is 24.8 Å². The molecule has 1 amide bonds. The first kappa shape index (κ1) is 22.0. The van der Waals surface area contributed by atoms with Gasteiger partial charge >= 0.3 is 5.76 Å². The minimum atomic E-state index is -0.531. The van der Waals surface area contributed by atoms with Gasteiger partial charge in [0.15, 0.2) is 5.58 Å². The summed E-state index contributed by atoms with van der Waals surface area (Å²) in [5, 5.41) is 3.41. The first-order valence-electron chi connectivity index (χ1n) is 10.9. The number of likely N-dealkylation sites (N-methyl/N-ethyl adjacent to an activating group) is 1. The van der Waals surface area contributed by atoms with E-state index in [1.54, 1.807) is 18.0 Å². The highest BCUT2D eigenvalue weighted by Gasteiger charge is 2.21. The predicted octanol–water partition coefficient (Wildman–Crippen LogP) is 1.88. The van der Waals surface area contributed by atoms with Gasteiger partial charge in [-0.15, -0.1) is 0 Å². The van der Waals surface area contributed by atoms with E-state index in [4.69, 9.17) is 14.4 Å². The van der Waals surface area contributed by atoms with E-state index in [1.807, 2.05) is 44.1 Å². The highest BCUT2D eigenvalue weighted by molar-refractivity contribution is 5.79. The van der Waals surface area contributed by atoms with Gasteiger partial charge in [0.2, 0.25) is 5.91 Å². The molecule has 1 N–H and O–H groups in total. The van der Waals surface area contributed by atoms with Crippen molar-refractivity contribution in [1.29, 1.82) is 0 Å². The average molecular weight is 439 g/mol. The Balaban J connectivity index is 1.54. The summed E-state index contributed by atoms with van der Waals surface area (Å²) in [7, 11) is 5.62. The Morgan fingerprint density at radius 2 is 2.06 bits per heavy atom. The Bertz CT molecular complexity index is 1180. The minimum absolute atomic E-state index is 0.0865. The van der Waals surface area contributed by atoms with Gasteiger partial charge in [-0.05, 0) is 44.0 Å². The fourth-order valence-electron chi connectivity index (χ4n) is 3.98. The van der Waals surface area contributed by atoms with Gasteiger partial charge in [-0.2, -0.15) is 0 Å². The van der Waals surface area contributed by atoms with Crippen LogP contribution in [0, 0.1) is 6.92 Å². The molecule has 170 valence electrons. The number of hydrogen-bond donors (Lipinski definition) is 1. The third kappa shape index (κ3) is 4.67. The van der Waals surface area contributed by atoms with Gasteiger partial charge in [-0.3, -0.25) is 9.36 Å². The summed E-state index contributed by atoms with van der Waals surface area (Å²) in [5.74, 6) is 1.18. The van der Waals surface area contributed by atoms with E-state index in [0.29, 0.717) is 17.6 Å². The molecule has 1 aliphatic heterocycles. The molecule has 9 heteroatoms. The number of aromatic nitrogens is 3. The molecule has 0 saturated carbocycles. The largest absolute Gasteiger partial charge is 0.420 e. The van der Waals surface area contributed by atoms with Crippen LogP contribution >= 0.6 is 0 Å². The van der Waals surface area contributed by atoms with Crippen molar-refractivity contribution < 1.29 is 9.21 Å². The SMILES string of the molecule is Cc1ccc2oc(=O)n(CC(=O)N(C)Cc3cc(N(C)C)nc([C@@H]4CCCNC4)n3)c2c1. The number of anilines is 1. The Hall–Kier alpha value is -3.20. The summed E-state index contributed by atoms with van der Waals surface area (Å²) >= 11 is 0. The van der Waals surface area contributed by atoms with Gasteiger partial charge in [0, 0.05) is 39.7 Å². The Labute approximate surface area is 187 Å². The number of amides is 1. The fraction of sp³-hybridized carbons (Fsp3) is 0.478. The van der Waals surface area contributed by atoms with Crippen LogP contribution in [0.2, 0.25) is 0 Å². The lowest BCUT2D eigenvalue weighted by atomic mass is 9.99. The van der Waals surface area contributed by atoms with E-state index >= 15 is 0 Å². The summed E-state index contributed by atoms with van der Waals surface area (Å²) in [6.07, 6.45) is 2.15. The molecule has 0 unspecified atom stereocenters. The minimum Gasteiger partial charge on any atom is -0.408 e. The van der Waals surface area contributed by atoms with Crippen molar-refractivity contribution in [3.8, 4) is 0 Å². The Morgan fingerprint density at radius 1 is 1.25 bits per heavy atom. The van der Waals surface area contributed by atoms with Crippen LogP contribution in [0.3, 0.4) is 0 Å². The molecular formula is C23H30N6O3. The first-order chi connectivity index (χ1) is 15.3. The highest BCUT2D eigenvalue weighted by Crippen LogP contribution is 2.23. The van der Waals surface area contributed by atoms with Gasteiger partial charge in [0.25, 0.3) is 0 Å². The summed E-state index contributed by atoms with van der Waals surface area (Å²) < 4.78 is 6.66. The molecule has 3 aromatic rings. The number of aryl methyl sites for hydroxylation is 1. The molecule has 0 bridgehead atoms. The number of fused-ring (bicyclic) bond motifs is 1. The van der Waals surface area contributed by atoms with E-state index in [2.05, 4.69) is 5.32 Å². The third-order valence-corrected chi connectivity index (χ3v) is 5.84. The van der Waals surface area contributed by atoms with Crippen molar-refractivity contribution in [2.45, 2.75) is 38.8 Å². The second kappa shape index (κ2) is 9.12. The molecule has 1 aliphatic rings. The lowest BCUT2D eigenvalue weighted by molar-refractivity contribution is -0.131. The zero-order valence-electron chi connectivity index (χ0n) is 19.1. The van der Waals surface area contributed by atoms with Crippen LogP contribution in [-0.2, 0) is 17.9 Å². The normalized spacial score (nSPS) is 16.3. The maximum atomic E-state index is 13.0. The van der Waals surface area contributed by atoms with Crippen molar-refractivity contribution in [2.75, 3.05) is 39.1 Å². The van der Waals surface area contributed by atoms with Crippen LogP contribution in [0.25, 0.3) is 11.1 Å². The summed E-state index contributed by atoms with van der Waals surface area (Å²) in [6, 6.07) is 7.39. The number of carbonyl (C=O) groups excluding carboxylic acids is 1. The monoisotopic (exact) mass is 438 g/mol. The number of hydrogen-bond acceptors (Lipinski definition) is 7. The maximum Gasteiger partial charge on any atom is 0.420 e. The smallest absolute Gasteiger partial charge is 0.408 e. The second-order valence-corrected chi connectivity index (χ2v) is 8.69. The third-order valence-electron chi connectivity index (χ3n) is 5.84. The number of rotatable bonds is 6. The Morgan fingerprint density at radius 3 is 2.78 bits per heavy atom. The molecule has 4 rings (SSSR count). The second-order valence-electron chi connectivity index (χ2n) is 8.69. The molecule has 1 atom stereocenters. The molecule has 1 saturated heterocycles. The van der Waals surface area contributed by atoms with Crippen LogP contribution in [0.4, 0.5) is 5.82 Å². The lowest BCUT2D eigenvalue weighted by Crippen LogP contribution is -2.33. The van der Waals surface area contributed by atoms with Gasteiger partial charge in [0.1, 0.15) is 18.2 Å². The quantitative estimate of drug-likeness (QED) is 0.628. The van der Waals surface area contributed by atoms with Gasteiger partial charge in [-0.1, -0.05) is 6.07 Å². The van der Waals surface area contributed by atoms with Gasteiger partial charge in [0.05, 0.1) is 17.8 Å². The van der Waals surface area contributed by atoms with Crippen LogP contribution in [0.15, 0.2) is 33.5 Å². The Kier molecular flexibility index (Phi) is 6.27. The van der Waals surface area contributed by atoms with E-state index < -0.39 is 5.76 Å². The van der Waals surface area contributed by atoms with Crippen LogP contribution in [0.1, 0.15) is 35.8 Å². The first-order valence-corrected chi connectivity index (χ1v) is 10.9.